The van der Waals surface area contributed by atoms with E-state index in [2.05, 4.69) is 44.4 Å². The van der Waals surface area contributed by atoms with Gasteiger partial charge in [-0.1, -0.05) is 0 Å². The second kappa shape index (κ2) is 3.74. The third-order valence-electron chi connectivity index (χ3n) is 2.79. The Labute approximate surface area is 97.4 Å². The van der Waals surface area contributed by atoms with Crippen LogP contribution in [0.1, 0.15) is 47.5 Å². The number of hydrogen-bond acceptors (Lipinski definition) is 3. The van der Waals surface area contributed by atoms with Crippen LogP contribution in [0, 0.1) is 11.3 Å². The molecule has 4 heteroatoms. The molecule has 2 N–H and O–H groups in total. The first-order chi connectivity index (χ1) is 7.10. The number of rotatable bonds is 1. The average molecular weight is 223 g/mol. The molecule has 1 aliphatic rings. The van der Waals surface area contributed by atoms with Crippen LogP contribution in [0.5, 0.6) is 0 Å². The van der Waals surface area contributed by atoms with Gasteiger partial charge in [-0.3, -0.25) is 4.79 Å². The summed E-state index contributed by atoms with van der Waals surface area (Å²) in [5, 5.41) is 15.7. The zero-order chi connectivity index (χ0) is 12.6. The normalized spacial score (nSPS) is 25.5. The van der Waals surface area contributed by atoms with Crippen LogP contribution in [0.3, 0.4) is 0 Å². The number of amides is 1. The summed E-state index contributed by atoms with van der Waals surface area (Å²) in [6.07, 6.45) is 1.25. The SMILES string of the molecule is CC(=O)NC1(C#N)CC(C)(C)NC(C)(C)C1. The summed E-state index contributed by atoms with van der Waals surface area (Å²) < 4.78 is 0. The summed E-state index contributed by atoms with van der Waals surface area (Å²) >= 11 is 0. The quantitative estimate of drug-likeness (QED) is 0.704. The highest BCUT2D eigenvalue weighted by Gasteiger charge is 2.47. The van der Waals surface area contributed by atoms with Crippen molar-refractivity contribution in [2.24, 2.45) is 0 Å². The Morgan fingerprint density at radius 2 is 1.69 bits per heavy atom. The topological polar surface area (TPSA) is 64.9 Å². The summed E-state index contributed by atoms with van der Waals surface area (Å²) in [5.74, 6) is -0.143. The molecule has 0 aromatic rings. The fourth-order valence-corrected chi connectivity index (χ4v) is 3.11. The van der Waals surface area contributed by atoms with E-state index in [-0.39, 0.29) is 17.0 Å². The van der Waals surface area contributed by atoms with Crippen molar-refractivity contribution >= 4 is 5.91 Å². The second-order valence-electron chi connectivity index (χ2n) is 6.12. The van der Waals surface area contributed by atoms with E-state index < -0.39 is 5.54 Å². The van der Waals surface area contributed by atoms with Crippen LogP contribution < -0.4 is 10.6 Å². The summed E-state index contributed by atoms with van der Waals surface area (Å²) in [6, 6.07) is 2.29. The van der Waals surface area contributed by atoms with Gasteiger partial charge in [-0.2, -0.15) is 5.26 Å². The molecule has 1 aliphatic heterocycles. The lowest BCUT2D eigenvalue weighted by Crippen LogP contribution is -2.67. The lowest BCUT2D eigenvalue weighted by Gasteiger charge is -2.50. The summed E-state index contributed by atoms with van der Waals surface area (Å²) in [7, 11) is 0. The Bertz CT molecular complexity index is 323. The smallest absolute Gasteiger partial charge is 0.218 e. The number of nitriles is 1. The van der Waals surface area contributed by atoms with Gasteiger partial charge in [0, 0.05) is 30.8 Å². The first-order valence-corrected chi connectivity index (χ1v) is 5.59. The summed E-state index contributed by atoms with van der Waals surface area (Å²) in [6.45, 7) is 9.69. The van der Waals surface area contributed by atoms with Gasteiger partial charge >= 0.3 is 0 Å². The minimum absolute atomic E-state index is 0.143. The van der Waals surface area contributed by atoms with Crippen molar-refractivity contribution in [3.8, 4) is 6.07 Å². The Hall–Kier alpha value is -1.08. The third kappa shape index (κ3) is 2.96. The zero-order valence-corrected chi connectivity index (χ0v) is 10.8. The molecule has 1 amide bonds. The number of carbonyl (C=O) groups is 1. The molecule has 0 spiro atoms. The lowest BCUT2D eigenvalue weighted by atomic mass is 9.71. The maximum atomic E-state index is 11.2. The molecule has 90 valence electrons. The Morgan fingerprint density at radius 1 is 1.25 bits per heavy atom. The largest absolute Gasteiger partial charge is 0.338 e. The van der Waals surface area contributed by atoms with Crippen molar-refractivity contribution in [1.29, 1.82) is 5.26 Å². The molecule has 4 nitrogen and oxygen atoms in total. The van der Waals surface area contributed by atoms with Crippen LogP contribution in [0.2, 0.25) is 0 Å². The number of carbonyl (C=O) groups excluding carboxylic acids is 1. The number of nitrogens with zero attached hydrogens (tertiary/aromatic N) is 1. The minimum atomic E-state index is -0.746. The highest BCUT2D eigenvalue weighted by atomic mass is 16.1. The Balaban J connectivity index is 3.02. The van der Waals surface area contributed by atoms with E-state index >= 15 is 0 Å². The van der Waals surface area contributed by atoms with Crippen LogP contribution in [0.4, 0.5) is 0 Å². The predicted molar refractivity (Wildman–Crippen MR) is 62.7 cm³/mol. The van der Waals surface area contributed by atoms with Crippen molar-refractivity contribution in [2.45, 2.75) is 64.1 Å². The molecule has 0 saturated carbocycles. The molecule has 0 atom stereocenters. The van der Waals surface area contributed by atoms with Crippen molar-refractivity contribution in [3.63, 3.8) is 0 Å². The molecule has 1 fully saturated rings. The lowest BCUT2D eigenvalue weighted by molar-refractivity contribution is -0.121. The highest BCUT2D eigenvalue weighted by molar-refractivity contribution is 5.74. The minimum Gasteiger partial charge on any atom is -0.338 e. The van der Waals surface area contributed by atoms with Crippen molar-refractivity contribution in [1.82, 2.24) is 10.6 Å². The average Bonchev–Trinajstić information content (AvgIpc) is 1.96. The van der Waals surface area contributed by atoms with E-state index in [0.29, 0.717) is 12.8 Å². The first kappa shape index (κ1) is 13.0. The van der Waals surface area contributed by atoms with E-state index in [1.165, 1.54) is 6.92 Å². The van der Waals surface area contributed by atoms with Gasteiger partial charge in [-0.05, 0) is 27.7 Å². The van der Waals surface area contributed by atoms with E-state index in [1.54, 1.807) is 0 Å². The van der Waals surface area contributed by atoms with E-state index in [4.69, 9.17) is 0 Å². The first-order valence-electron chi connectivity index (χ1n) is 5.59. The van der Waals surface area contributed by atoms with Gasteiger partial charge in [-0.25, -0.2) is 0 Å². The van der Waals surface area contributed by atoms with Crippen molar-refractivity contribution in [3.05, 3.63) is 0 Å². The molecule has 0 aromatic carbocycles. The fourth-order valence-electron chi connectivity index (χ4n) is 3.11. The molecule has 0 bridgehead atoms. The van der Waals surface area contributed by atoms with Crippen LogP contribution in [-0.4, -0.2) is 22.5 Å². The van der Waals surface area contributed by atoms with Crippen LogP contribution in [0.25, 0.3) is 0 Å². The second-order valence-corrected chi connectivity index (χ2v) is 6.12. The molecule has 0 radical (unpaired) electrons. The van der Waals surface area contributed by atoms with E-state index in [0.717, 1.165) is 0 Å². The van der Waals surface area contributed by atoms with Gasteiger partial charge in [-0.15, -0.1) is 0 Å². The monoisotopic (exact) mass is 223 g/mol. The van der Waals surface area contributed by atoms with E-state index in [9.17, 15) is 10.1 Å². The van der Waals surface area contributed by atoms with Crippen LogP contribution in [-0.2, 0) is 4.79 Å². The summed E-state index contributed by atoms with van der Waals surface area (Å²) in [5.41, 5.74) is -1.05. The predicted octanol–water partition coefficient (Wildman–Crippen LogP) is 1.33. The third-order valence-corrected chi connectivity index (χ3v) is 2.79. The zero-order valence-electron chi connectivity index (χ0n) is 10.8. The highest BCUT2D eigenvalue weighted by Crippen LogP contribution is 2.35. The Morgan fingerprint density at radius 3 is 2.00 bits per heavy atom. The molecular formula is C12H21N3O. The van der Waals surface area contributed by atoms with E-state index in [1.807, 2.05) is 0 Å². The maximum absolute atomic E-state index is 11.2. The molecular weight excluding hydrogens is 202 g/mol. The van der Waals surface area contributed by atoms with Gasteiger partial charge in [0.05, 0.1) is 6.07 Å². The number of nitrogens with one attached hydrogen (secondary N) is 2. The molecule has 1 heterocycles. The van der Waals surface area contributed by atoms with Crippen LogP contribution in [0.15, 0.2) is 0 Å². The molecule has 16 heavy (non-hydrogen) atoms. The van der Waals surface area contributed by atoms with Crippen molar-refractivity contribution < 1.29 is 4.79 Å². The molecule has 1 rings (SSSR count). The van der Waals surface area contributed by atoms with Crippen LogP contribution >= 0.6 is 0 Å². The summed E-state index contributed by atoms with van der Waals surface area (Å²) in [4.78, 5) is 11.2. The van der Waals surface area contributed by atoms with Gasteiger partial charge in [0.25, 0.3) is 0 Å². The van der Waals surface area contributed by atoms with Gasteiger partial charge in [0.15, 0.2) is 0 Å². The molecule has 0 unspecified atom stereocenters. The Kier molecular flexibility index (Phi) is 3.04. The maximum Gasteiger partial charge on any atom is 0.218 e. The molecule has 0 aliphatic carbocycles. The molecule has 1 saturated heterocycles. The number of hydrogen-bond donors (Lipinski definition) is 2. The van der Waals surface area contributed by atoms with Gasteiger partial charge < -0.3 is 10.6 Å². The van der Waals surface area contributed by atoms with Gasteiger partial charge in [0.2, 0.25) is 5.91 Å². The van der Waals surface area contributed by atoms with Crippen molar-refractivity contribution in [2.75, 3.05) is 0 Å². The standard InChI is InChI=1S/C12H21N3O/c1-9(16)14-12(8-13)6-10(2,3)15-11(4,5)7-12/h15H,6-7H2,1-5H3,(H,14,16). The fraction of sp³-hybridized carbons (Fsp3) is 0.833. The molecule has 0 aromatic heterocycles. The number of piperidine rings is 1. The van der Waals surface area contributed by atoms with Gasteiger partial charge in [0.1, 0.15) is 5.54 Å².